The highest BCUT2D eigenvalue weighted by atomic mass is 16.5. The molecule has 1 rings (SSSR count). The lowest BCUT2D eigenvalue weighted by molar-refractivity contribution is -0.0121. The maximum Gasteiger partial charge on any atom is 0.107 e. The highest BCUT2D eigenvalue weighted by molar-refractivity contribution is 6.11. The predicted octanol–water partition coefficient (Wildman–Crippen LogP) is -1.21. The Labute approximate surface area is 86.4 Å². The van der Waals surface area contributed by atoms with Gasteiger partial charge in [-0.2, -0.15) is 0 Å². The molecule has 0 aromatic rings. The van der Waals surface area contributed by atoms with E-state index in [1.807, 2.05) is 0 Å². The summed E-state index contributed by atoms with van der Waals surface area (Å²) in [5, 5.41) is 13.3. The van der Waals surface area contributed by atoms with E-state index in [9.17, 15) is 5.11 Å². The molecule has 5 heteroatoms. The van der Waals surface area contributed by atoms with Crippen molar-refractivity contribution in [1.82, 2.24) is 5.32 Å². The van der Waals surface area contributed by atoms with Gasteiger partial charge in [-0.25, -0.2) is 0 Å². The van der Waals surface area contributed by atoms with Crippen LogP contribution in [0.2, 0.25) is 5.82 Å². The van der Waals surface area contributed by atoms with E-state index < -0.39 is 6.10 Å². The Morgan fingerprint density at radius 3 is 2.50 bits per heavy atom. The minimum absolute atomic E-state index is 0.0163. The number of hydrogen-bond donors (Lipinski definition) is 2. The van der Waals surface area contributed by atoms with Crippen LogP contribution in [-0.4, -0.2) is 58.1 Å². The topological polar surface area (TPSA) is 50.7 Å². The first-order chi connectivity index (χ1) is 6.61. The molecule has 1 aliphatic rings. The van der Waals surface area contributed by atoms with Gasteiger partial charge in [-0.3, -0.25) is 0 Å². The lowest BCUT2D eigenvalue weighted by atomic mass is 9.81. The van der Waals surface area contributed by atoms with Gasteiger partial charge in [-0.05, 0) is 0 Å². The molecule has 0 aromatic heterocycles. The molecule has 0 saturated carbocycles. The van der Waals surface area contributed by atoms with E-state index in [4.69, 9.17) is 9.47 Å². The van der Waals surface area contributed by atoms with Crippen molar-refractivity contribution >= 4 is 7.85 Å². The molecule has 82 valence electrons. The fourth-order valence-corrected chi connectivity index (χ4v) is 2.07. The molecule has 0 radical (unpaired) electrons. The van der Waals surface area contributed by atoms with Crippen LogP contribution in [0.5, 0.6) is 0 Å². The van der Waals surface area contributed by atoms with Gasteiger partial charge in [0.2, 0.25) is 0 Å². The van der Waals surface area contributed by atoms with Crippen molar-refractivity contribution < 1.29 is 14.6 Å². The average Bonchev–Trinajstić information content (AvgIpc) is 2.44. The van der Waals surface area contributed by atoms with Crippen LogP contribution in [0.4, 0.5) is 0 Å². The summed E-state index contributed by atoms with van der Waals surface area (Å²) in [6, 6.07) is 0.187. The van der Waals surface area contributed by atoms with Crippen LogP contribution < -0.4 is 5.32 Å². The SMILES string of the molecule is B[C@H](C)C1N[C@H](COC)[C@H](O)C1OC. The van der Waals surface area contributed by atoms with E-state index in [0.29, 0.717) is 12.4 Å². The number of aliphatic hydroxyl groups excluding tert-OH is 1. The summed E-state index contributed by atoms with van der Waals surface area (Å²) in [6.07, 6.45) is -0.609. The molecule has 0 spiro atoms. The Hall–Kier alpha value is -0.0951. The van der Waals surface area contributed by atoms with Gasteiger partial charge < -0.3 is 19.9 Å². The van der Waals surface area contributed by atoms with E-state index in [1.165, 1.54) is 0 Å². The minimum atomic E-state index is -0.479. The fraction of sp³-hybridized carbons (Fsp3) is 1.00. The largest absolute Gasteiger partial charge is 0.389 e. The highest BCUT2D eigenvalue weighted by Crippen LogP contribution is 2.24. The Morgan fingerprint density at radius 2 is 2.14 bits per heavy atom. The third kappa shape index (κ3) is 2.28. The molecule has 1 aliphatic heterocycles. The third-order valence-corrected chi connectivity index (χ3v) is 2.85. The highest BCUT2D eigenvalue weighted by Gasteiger charge is 2.43. The van der Waals surface area contributed by atoms with Gasteiger partial charge in [0.1, 0.15) is 7.85 Å². The number of ether oxygens (including phenoxy) is 2. The summed E-state index contributed by atoms with van der Waals surface area (Å²) in [5.74, 6) is 0.441. The molecular weight excluding hydrogens is 181 g/mol. The van der Waals surface area contributed by atoms with Crippen LogP contribution in [0.3, 0.4) is 0 Å². The quantitative estimate of drug-likeness (QED) is 0.560. The van der Waals surface area contributed by atoms with Gasteiger partial charge in [-0.15, -0.1) is 0 Å². The lowest BCUT2D eigenvalue weighted by Gasteiger charge is -2.22. The van der Waals surface area contributed by atoms with Gasteiger partial charge in [0.25, 0.3) is 0 Å². The van der Waals surface area contributed by atoms with Crippen molar-refractivity contribution in [2.45, 2.75) is 37.0 Å². The summed E-state index contributed by atoms with van der Waals surface area (Å²) in [7, 11) is 5.39. The van der Waals surface area contributed by atoms with E-state index in [-0.39, 0.29) is 18.2 Å². The van der Waals surface area contributed by atoms with Crippen molar-refractivity contribution in [3.63, 3.8) is 0 Å². The molecule has 1 saturated heterocycles. The van der Waals surface area contributed by atoms with Gasteiger partial charge in [-0.1, -0.05) is 12.7 Å². The molecule has 2 unspecified atom stereocenters. The fourth-order valence-electron chi connectivity index (χ4n) is 2.07. The molecule has 0 aromatic carbocycles. The van der Waals surface area contributed by atoms with Gasteiger partial charge in [0, 0.05) is 20.3 Å². The zero-order valence-electron chi connectivity index (χ0n) is 9.36. The van der Waals surface area contributed by atoms with E-state index in [2.05, 4.69) is 20.1 Å². The smallest absolute Gasteiger partial charge is 0.107 e. The summed E-state index contributed by atoms with van der Waals surface area (Å²) in [4.78, 5) is 0. The molecule has 2 N–H and O–H groups in total. The van der Waals surface area contributed by atoms with Crippen molar-refractivity contribution in [2.24, 2.45) is 0 Å². The van der Waals surface area contributed by atoms with Gasteiger partial charge >= 0.3 is 0 Å². The maximum atomic E-state index is 9.93. The van der Waals surface area contributed by atoms with E-state index in [0.717, 1.165) is 0 Å². The second-order valence-corrected chi connectivity index (χ2v) is 4.19. The maximum absolute atomic E-state index is 9.93. The van der Waals surface area contributed by atoms with Crippen LogP contribution in [-0.2, 0) is 9.47 Å². The van der Waals surface area contributed by atoms with Crippen LogP contribution >= 0.6 is 0 Å². The molecule has 5 atom stereocenters. The first kappa shape index (κ1) is 12.0. The Bertz CT molecular complexity index is 179. The molecule has 0 amide bonds. The summed E-state index contributed by atoms with van der Waals surface area (Å²) >= 11 is 0. The lowest BCUT2D eigenvalue weighted by Crippen LogP contribution is -2.38. The van der Waals surface area contributed by atoms with E-state index >= 15 is 0 Å². The zero-order chi connectivity index (χ0) is 10.7. The van der Waals surface area contributed by atoms with Gasteiger partial charge in [0.05, 0.1) is 24.9 Å². The Balaban J connectivity index is 2.63. The zero-order valence-corrected chi connectivity index (χ0v) is 9.36. The van der Waals surface area contributed by atoms with Crippen molar-refractivity contribution in [3.8, 4) is 0 Å². The first-order valence-corrected chi connectivity index (χ1v) is 5.07. The molecule has 0 aliphatic carbocycles. The number of aliphatic hydroxyl groups is 1. The van der Waals surface area contributed by atoms with Crippen molar-refractivity contribution in [1.29, 1.82) is 0 Å². The monoisotopic (exact) mass is 201 g/mol. The van der Waals surface area contributed by atoms with Crippen molar-refractivity contribution in [3.05, 3.63) is 0 Å². The van der Waals surface area contributed by atoms with Crippen LogP contribution in [0.25, 0.3) is 0 Å². The standard InChI is InChI=1S/C9H20BNO3/c1-5(10)7-9(14-3)8(12)6(11-7)4-13-2/h5-9,11-12H,4,10H2,1-3H3/t5-,6-,7?,8+,9?/m1/s1. The molecule has 1 heterocycles. The molecule has 1 fully saturated rings. The van der Waals surface area contributed by atoms with Crippen molar-refractivity contribution in [2.75, 3.05) is 20.8 Å². The summed E-state index contributed by atoms with van der Waals surface area (Å²) in [6.45, 7) is 2.63. The Kier molecular flexibility index (Phi) is 4.38. The molecular formula is C9H20BNO3. The summed E-state index contributed by atoms with van der Waals surface area (Å²) < 4.78 is 10.3. The normalized spacial score (nSPS) is 40.0. The molecule has 0 bridgehead atoms. The molecule has 14 heavy (non-hydrogen) atoms. The van der Waals surface area contributed by atoms with Crippen LogP contribution in [0.15, 0.2) is 0 Å². The second kappa shape index (κ2) is 5.12. The van der Waals surface area contributed by atoms with E-state index in [1.54, 1.807) is 14.2 Å². The average molecular weight is 201 g/mol. The number of hydrogen-bond acceptors (Lipinski definition) is 4. The van der Waals surface area contributed by atoms with Crippen LogP contribution in [0, 0.1) is 0 Å². The molecule has 4 nitrogen and oxygen atoms in total. The summed E-state index contributed by atoms with van der Waals surface area (Å²) in [5.41, 5.74) is 0. The first-order valence-electron chi connectivity index (χ1n) is 5.07. The van der Waals surface area contributed by atoms with Crippen LogP contribution in [0.1, 0.15) is 6.92 Å². The van der Waals surface area contributed by atoms with Gasteiger partial charge in [0.15, 0.2) is 0 Å². The Morgan fingerprint density at radius 1 is 1.50 bits per heavy atom. The third-order valence-electron chi connectivity index (χ3n) is 2.85. The minimum Gasteiger partial charge on any atom is -0.389 e. The number of nitrogens with one attached hydrogen (secondary N) is 1. The number of methoxy groups -OCH3 is 2. The number of rotatable bonds is 4. The predicted molar refractivity (Wildman–Crippen MR) is 57.4 cm³/mol. The second-order valence-electron chi connectivity index (χ2n) is 4.19.